The quantitative estimate of drug-likeness (QED) is 0.245. The summed E-state index contributed by atoms with van der Waals surface area (Å²) in [6.45, 7) is 3.24. The molecule has 0 saturated heterocycles. The molecular weight excluding hydrogens is 509 g/mol. The summed E-state index contributed by atoms with van der Waals surface area (Å²) in [5.74, 6) is 0.954. The lowest BCUT2D eigenvalue weighted by molar-refractivity contribution is 0.0945. The van der Waals surface area contributed by atoms with Crippen LogP contribution in [0.4, 0.5) is 16.0 Å². The number of nitrogens with one attached hydrogen (secondary N) is 2. The molecule has 2 aromatic carbocycles. The Kier molecular flexibility index (Phi) is 7.70. The molecule has 9 nitrogen and oxygen atoms in total. The van der Waals surface area contributed by atoms with Gasteiger partial charge in [-0.3, -0.25) is 9.78 Å². The Balaban J connectivity index is 1.34. The fourth-order valence-electron chi connectivity index (χ4n) is 4.28. The number of anilines is 2. The summed E-state index contributed by atoms with van der Waals surface area (Å²) >= 11 is 0. The number of carbonyl (C=O) groups excluding carboxylic acids is 1. The third kappa shape index (κ3) is 6.08. The maximum atomic E-state index is 13.7. The second-order valence-corrected chi connectivity index (χ2v) is 9.70. The van der Waals surface area contributed by atoms with Crippen molar-refractivity contribution in [3.05, 3.63) is 90.3 Å². The molecule has 3 aromatic heterocycles. The minimum Gasteiger partial charge on any atom is -0.457 e. The van der Waals surface area contributed by atoms with Crippen molar-refractivity contribution in [1.82, 2.24) is 29.7 Å². The first-order valence-corrected chi connectivity index (χ1v) is 12.8. The van der Waals surface area contributed by atoms with Gasteiger partial charge in [0.1, 0.15) is 17.2 Å². The molecule has 10 heteroatoms. The predicted octanol–water partition coefficient (Wildman–Crippen LogP) is 5.31. The lowest BCUT2D eigenvalue weighted by Gasteiger charge is -2.11. The molecule has 0 radical (unpaired) electrons. The zero-order valence-corrected chi connectivity index (χ0v) is 22.8. The van der Waals surface area contributed by atoms with Crippen LogP contribution in [0.1, 0.15) is 16.1 Å². The van der Waals surface area contributed by atoms with Crippen LogP contribution in [0.2, 0.25) is 0 Å². The Morgan fingerprint density at radius 2 is 1.80 bits per heavy atom. The molecule has 0 spiro atoms. The van der Waals surface area contributed by atoms with Crippen molar-refractivity contribution in [2.45, 2.75) is 6.92 Å². The topological polar surface area (TPSA) is 97.2 Å². The van der Waals surface area contributed by atoms with Gasteiger partial charge in [0, 0.05) is 56.4 Å². The summed E-state index contributed by atoms with van der Waals surface area (Å²) in [6.07, 6.45) is 3.01. The second kappa shape index (κ2) is 11.5. The van der Waals surface area contributed by atoms with Gasteiger partial charge < -0.3 is 24.8 Å². The van der Waals surface area contributed by atoms with Crippen molar-refractivity contribution in [3.8, 4) is 22.6 Å². The van der Waals surface area contributed by atoms with E-state index in [0.717, 1.165) is 40.0 Å². The third-order valence-corrected chi connectivity index (χ3v) is 6.43. The first-order valence-electron chi connectivity index (χ1n) is 12.8. The number of likely N-dealkylation sites (N-methyl/N-ethyl adjacent to an activating group) is 1. The molecular formula is C30H30FN7O2. The fourth-order valence-corrected chi connectivity index (χ4v) is 4.28. The number of amides is 1. The molecule has 0 saturated carbocycles. The van der Waals surface area contributed by atoms with Gasteiger partial charge in [-0.15, -0.1) is 0 Å². The maximum Gasteiger partial charge on any atom is 0.270 e. The SMILES string of the molecule is Cc1ccc(Nc2nc3cc(Oc4ccnc(C(=O)NCCN(C)C)c4)ccc3n2C)cc1-c1ccnc(F)c1. The molecule has 0 atom stereocenters. The van der Waals surface area contributed by atoms with E-state index in [2.05, 4.69) is 20.6 Å². The third-order valence-electron chi connectivity index (χ3n) is 6.43. The molecule has 5 rings (SSSR count). The van der Waals surface area contributed by atoms with Crippen LogP contribution in [0.15, 0.2) is 73.1 Å². The second-order valence-electron chi connectivity index (χ2n) is 9.70. The van der Waals surface area contributed by atoms with Crippen LogP contribution in [-0.2, 0) is 7.05 Å². The van der Waals surface area contributed by atoms with Crippen molar-refractivity contribution >= 4 is 28.6 Å². The first kappa shape index (κ1) is 26.8. The van der Waals surface area contributed by atoms with E-state index in [0.29, 0.717) is 24.0 Å². The molecule has 1 amide bonds. The van der Waals surface area contributed by atoms with E-state index in [4.69, 9.17) is 9.72 Å². The summed E-state index contributed by atoms with van der Waals surface area (Å²) in [5, 5.41) is 6.23. The Morgan fingerprint density at radius 1 is 1.00 bits per heavy atom. The van der Waals surface area contributed by atoms with E-state index in [1.54, 1.807) is 24.4 Å². The molecule has 40 heavy (non-hydrogen) atoms. The highest BCUT2D eigenvalue weighted by molar-refractivity contribution is 5.92. The number of rotatable bonds is 9. The van der Waals surface area contributed by atoms with Crippen molar-refractivity contribution in [2.24, 2.45) is 7.05 Å². The van der Waals surface area contributed by atoms with Crippen molar-refractivity contribution in [2.75, 3.05) is 32.5 Å². The zero-order valence-electron chi connectivity index (χ0n) is 22.8. The number of pyridine rings is 2. The molecule has 0 aliphatic carbocycles. The van der Waals surface area contributed by atoms with Gasteiger partial charge in [0.25, 0.3) is 5.91 Å². The highest BCUT2D eigenvalue weighted by Gasteiger charge is 2.13. The number of hydrogen-bond donors (Lipinski definition) is 2. The van der Waals surface area contributed by atoms with Crippen molar-refractivity contribution in [1.29, 1.82) is 0 Å². The Bertz CT molecular complexity index is 1680. The molecule has 0 aliphatic rings. The number of fused-ring (bicyclic) bond motifs is 1. The summed E-state index contributed by atoms with van der Waals surface area (Å²) in [4.78, 5) is 27.0. The molecule has 0 aliphatic heterocycles. The van der Waals surface area contributed by atoms with E-state index in [1.807, 2.05) is 73.9 Å². The van der Waals surface area contributed by atoms with Crippen LogP contribution in [0.5, 0.6) is 11.5 Å². The van der Waals surface area contributed by atoms with Crippen LogP contribution in [-0.4, -0.2) is 57.5 Å². The smallest absolute Gasteiger partial charge is 0.270 e. The molecule has 204 valence electrons. The van der Waals surface area contributed by atoms with Gasteiger partial charge in [-0.2, -0.15) is 4.39 Å². The maximum absolute atomic E-state index is 13.7. The lowest BCUT2D eigenvalue weighted by Crippen LogP contribution is -2.31. The van der Waals surface area contributed by atoms with E-state index >= 15 is 0 Å². The number of aryl methyl sites for hydroxylation is 2. The number of imidazole rings is 1. The van der Waals surface area contributed by atoms with Gasteiger partial charge in [-0.25, -0.2) is 9.97 Å². The van der Waals surface area contributed by atoms with Crippen LogP contribution >= 0.6 is 0 Å². The largest absolute Gasteiger partial charge is 0.457 e. The number of nitrogens with zero attached hydrogens (tertiary/aromatic N) is 5. The van der Waals surface area contributed by atoms with E-state index in [-0.39, 0.29) is 11.6 Å². The first-order chi connectivity index (χ1) is 19.3. The van der Waals surface area contributed by atoms with Crippen molar-refractivity contribution in [3.63, 3.8) is 0 Å². The minimum absolute atomic E-state index is 0.253. The van der Waals surface area contributed by atoms with E-state index in [1.165, 1.54) is 12.3 Å². The summed E-state index contributed by atoms with van der Waals surface area (Å²) in [6, 6.07) is 18.1. The number of aromatic nitrogens is 4. The van der Waals surface area contributed by atoms with Gasteiger partial charge >= 0.3 is 0 Å². The minimum atomic E-state index is -0.519. The van der Waals surface area contributed by atoms with Gasteiger partial charge in [0.15, 0.2) is 0 Å². The van der Waals surface area contributed by atoms with E-state index < -0.39 is 5.95 Å². The van der Waals surface area contributed by atoms with Crippen LogP contribution in [0.3, 0.4) is 0 Å². The molecule has 0 unspecified atom stereocenters. The number of ether oxygens (including phenoxy) is 1. The van der Waals surface area contributed by atoms with Crippen LogP contribution < -0.4 is 15.4 Å². The molecule has 2 N–H and O–H groups in total. The molecule has 5 aromatic rings. The average Bonchev–Trinajstić information content (AvgIpc) is 3.23. The zero-order chi connectivity index (χ0) is 28.2. The molecule has 0 bridgehead atoms. The molecule has 3 heterocycles. The Labute approximate surface area is 231 Å². The summed E-state index contributed by atoms with van der Waals surface area (Å²) in [7, 11) is 5.82. The number of benzene rings is 2. The fraction of sp³-hybridized carbons (Fsp3) is 0.200. The highest BCUT2D eigenvalue weighted by Crippen LogP contribution is 2.31. The number of halogens is 1. The van der Waals surface area contributed by atoms with Crippen LogP contribution in [0.25, 0.3) is 22.2 Å². The number of hydrogen-bond acceptors (Lipinski definition) is 7. The molecule has 0 fully saturated rings. The lowest BCUT2D eigenvalue weighted by atomic mass is 10.0. The Morgan fingerprint density at radius 3 is 2.60 bits per heavy atom. The Hall–Kier alpha value is -4.83. The monoisotopic (exact) mass is 539 g/mol. The normalized spacial score (nSPS) is 11.2. The predicted molar refractivity (Wildman–Crippen MR) is 154 cm³/mol. The van der Waals surface area contributed by atoms with Gasteiger partial charge in [0.05, 0.1) is 11.0 Å². The standard InChI is InChI=1S/C30H30FN7O2/c1-19-5-6-21(16-24(19)20-9-11-33-28(31)15-20)35-30-36-25-17-22(7-8-27(25)38(30)4)40-23-10-12-32-26(18-23)29(39)34-13-14-37(2)3/h5-12,15-18H,13-14H2,1-4H3,(H,34,39)(H,35,36). The van der Waals surface area contributed by atoms with Crippen LogP contribution in [0, 0.1) is 12.9 Å². The summed E-state index contributed by atoms with van der Waals surface area (Å²) < 4.78 is 21.7. The summed E-state index contributed by atoms with van der Waals surface area (Å²) in [5.41, 5.74) is 5.44. The van der Waals surface area contributed by atoms with Gasteiger partial charge in [0.2, 0.25) is 11.9 Å². The average molecular weight is 540 g/mol. The van der Waals surface area contributed by atoms with Crippen molar-refractivity contribution < 1.29 is 13.9 Å². The van der Waals surface area contributed by atoms with E-state index in [9.17, 15) is 9.18 Å². The van der Waals surface area contributed by atoms with Gasteiger partial charge in [-0.1, -0.05) is 6.07 Å². The highest BCUT2D eigenvalue weighted by atomic mass is 19.1. The number of carbonyl (C=O) groups is 1. The van der Waals surface area contributed by atoms with Gasteiger partial charge in [-0.05, 0) is 74.1 Å².